The molecule has 1 aromatic carbocycles. The Hall–Kier alpha value is -1.02. The number of benzene rings is 1. The second-order valence-corrected chi connectivity index (χ2v) is 2.68. The SMILES string of the molecule is CC(C(=O)OCl)c1ccccc1. The summed E-state index contributed by atoms with van der Waals surface area (Å²) in [7, 11) is 0. The van der Waals surface area contributed by atoms with Crippen LogP contribution in [-0.4, -0.2) is 5.97 Å². The van der Waals surface area contributed by atoms with Gasteiger partial charge in [-0.1, -0.05) is 30.3 Å². The van der Waals surface area contributed by atoms with Gasteiger partial charge in [-0.05, 0) is 12.5 Å². The van der Waals surface area contributed by atoms with Gasteiger partial charge in [0, 0.05) is 0 Å². The first-order valence-electron chi connectivity index (χ1n) is 3.63. The molecule has 0 spiro atoms. The zero-order valence-electron chi connectivity index (χ0n) is 6.66. The predicted octanol–water partition coefficient (Wildman–Crippen LogP) is 2.49. The first-order chi connectivity index (χ1) is 5.75. The second kappa shape index (κ2) is 4.12. The van der Waals surface area contributed by atoms with Crippen molar-refractivity contribution in [2.45, 2.75) is 12.8 Å². The van der Waals surface area contributed by atoms with Gasteiger partial charge in [0.25, 0.3) is 0 Å². The van der Waals surface area contributed by atoms with E-state index < -0.39 is 5.97 Å². The van der Waals surface area contributed by atoms with E-state index in [4.69, 9.17) is 11.9 Å². The van der Waals surface area contributed by atoms with Crippen LogP contribution in [0.5, 0.6) is 0 Å². The minimum absolute atomic E-state index is 0.302. The van der Waals surface area contributed by atoms with Gasteiger partial charge in [0.1, 0.15) is 11.9 Å². The summed E-state index contributed by atoms with van der Waals surface area (Å²) in [5.74, 6) is -0.730. The Morgan fingerprint density at radius 1 is 1.42 bits per heavy atom. The molecule has 0 N–H and O–H groups in total. The molecule has 1 aromatic rings. The topological polar surface area (TPSA) is 26.3 Å². The van der Waals surface area contributed by atoms with E-state index in [9.17, 15) is 4.79 Å². The third kappa shape index (κ3) is 1.98. The van der Waals surface area contributed by atoms with Crippen molar-refractivity contribution in [3.05, 3.63) is 35.9 Å². The molecule has 1 unspecified atom stereocenters. The third-order valence-corrected chi connectivity index (χ3v) is 1.88. The lowest BCUT2D eigenvalue weighted by molar-refractivity contribution is -0.135. The molecule has 0 saturated carbocycles. The van der Waals surface area contributed by atoms with Gasteiger partial charge in [0.2, 0.25) is 0 Å². The van der Waals surface area contributed by atoms with Crippen LogP contribution < -0.4 is 0 Å². The van der Waals surface area contributed by atoms with Crippen LogP contribution in [0.2, 0.25) is 0 Å². The molecular weight excluding hydrogens is 176 g/mol. The molecule has 0 heterocycles. The highest BCUT2D eigenvalue weighted by Crippen LogP contribution is 2.16. The molecule has 0 aliphatic carbocycles. The minimum atomic E-state index is -0.428. The monoisotopic (exact) mass is 184 g/mol. The van der Waals surface area contributed by atoms with Crippen molar-refractivity contribution in [3.8, 4) is 0 Å². The molecular formula is C9H9ClO2. The van der Waals surface area contributed by atoms with Gasteiger partial charge in [-0.3, -0.25) is 0 Å². The number of halogens is 1. The highest BCUT2D eigenvalue weighted by atomic mass is 35.5. The zero-order valence-corrected chi connectivity index (χ0v) is 7.41. The number of carbonyl (C=O) groups excluding carboxylic acids is 1. The molecule has 2 nitrogen and oxygen atoms in total. The molecule has 0 bridgehead atoms. The van der Waals surface area contributed by atoms with Gasteiger partial charge in [-0.25, -0.2) is 4.79 Å². The average molecular weight is 185 g/mol. The molecule has 0 saturated heterocycles. The summed E-state index contributed by atoms with van der Waals surface area (Å²) in [5.41, 5.74) is 0.906. The fourth-order valence-corrected chi connectivity index (χ4v) is 1.08. The van der Waals surface area contributed by atoms with E-state index in [0.717, 1.165) is 5.56 Å². The molecule has 12 heavy (non-hydrogen) atoms. The first-order valence-corrected chi connectivity index (χ1v) is 3.94. The van der Waals surface area contributed by atoms with E-state index >= 15 is 0 Å². The highest BCUT2D eigenvalue weighted by Gasteiger charge is 2.15. The molecule has 0 radical (unpaired) electrons. The van der Waals surface area contributed by atoms with E-state index in [0.29, 0.717) is 0 Å². The molecule has 0 fully saturated rings. The largest absolute Gasteiger partial charge is 0.347 e. The average Bonchev–Trinajstić information content (AvgIpc) is 2.17. The van der Waals surface area contributed by atoms with Crippen LogP contribution in [0.1, 0.15) is 18.4 Å². The van der Waals surface area contributed by atoms with E-state index in [1.165, 1.54) is 0 Å². The quantitative estimate of drug-likeness (QED) is 0.706. The lowest BCUT2D eigenvalue weighted by Crippen LogP contribution is -2.08. The molecule has 1 atom stereocenters. The van der Waals surface area contributed by atoms with Crippen molar-refractivity contribution in [2.75, 3.05) is 0 Å². The fourth-order valence-electron chi connectivity index (χ4n) is 0.945. The Morgan fingerprint density at radius 2 is 2.00 bits per heavy atom. The normalized spacial score (nSPS) is 12.2. The van der Waals surface area contributed by atoms with Gasteiger partial charge < -0.3 is 4.29 Å². The number of rotatable bonds is 2. The summed E-state index contributed by atoms with van der Waals surface area (Å²) >= 11 is 4.95. The van der Waals surface area contributed by atoms with Crippen molar-refractivity contribution in [1.29, 1.82) is 0 Å². The molecule has 64 valence electrons. The maximum atomic E-state index is 11.0. The van der Waals surface area contributed by atoms with Crippen LogP contribution in [0.25, 0.3) is 0 Å². The van der Waals surface area contributed by atoms with E-state index in [1.807, 2.05) is 30.3 Å². The minimum Gasteiger partial charge on any atom is -0.347 e. The highest BCUT2D eigenvalue weighted by molar-refractivity contribution is 6.13. The first kappa shape index (κ1) is 9.07. The number of hydrogen-bond acceptors (Lipinski definition) is 2. The molecule has 0 aliphatic heterocycles. The van der Waals surface area contributed by atoms with Gasteiger partial charge in [-0.15, -0.1) is 0 Å². The van der Waals surface area contributed by atoms with E-state index in [2.05, 4.69) is 4.29 Å². The molecule has 3 heteroatoms. The van der Waals surface area contributed by atoms with E-state index in [-0.39, 0.29) is 5.92 Å². The van der Waals surface area contributed by atoms with Crippen molar-refractivity contribution in [3.63, 3.8) is 0 Å². The van der Waals surface area contributed by atoms with Crippen LogP contribution >= 0.6 is 11.9 Å². The summed E-state index contributed by atoms with van der Waals surface area (Å²) in [6.07, 6.45) is 0. The molecule has 0 amide bonds. The zero-order chi connectivity index (χ0) is 8.97. The summed E-state index contributed by atoms with van der Waals surface area (Å²) in [6.45, 7) is 1.75. The van der Waals surface area contributed by atoms with Crippen molar-refractivity contribution < 1.29 is 9.08 Å². The smallest absolute Gasteiger partial charge is 0.331 e. The molecule has 1 rings (SSSR count). The number of carbonyl (C=O) groups is 1. The van der Waals surface area contributed by atoms with Crippen LogP contribution in [0.15, 0.2) is 30.3 Å². The van der Waals surface area contributed by atoms with Crippen molar-refractivity contribution >= 4 is 17.8 Å². The second-order valence-electron chi connectivity index (χ2n) is 2.53. The molecule has 0 aromatic heterocycles. The predicted molar refractivity (Wildman–Crippen MR) is 46.8 cm³/mol. The van der Waals surface area contributed by atoms with Crippen molar-refractivity contribution in [2.24, 2.45) is 0 Å². The summed E-state index contributed by atoms with van der Waals surface area (Å²) in [5, 5.41) is 0. The lowest BCUT2D eigenvalue weighted by Gasteiger charge is -2.06. The lowest BCUT2D eigenvalue weighted by atomic mass is 10.0. The van der Waals surface area contributed by atoms with Crippen LogP contribution in [0.3, 0.4) is 0 Å². The van der Waals surface area contributed by atoms with Crippen LogP contribution in [0.4, 0.5) is 0 Å². The van der Waals surface area contributed by atoms with Crippen LogP contribution in [-0.2, 0) is 9.08 Å². The summed E-state index contributed by atoms with van der Waals surface area (Å²) in [6, 6.07) is 9.35. The number of hydrogen-bond donors (Lipinski definition) is 0. The molecule has 0 aliphatic rings. The maximum Gasteiger partial charge on any atom is 0.331 e. The van der Waals surface area contributed by atoms with Gasteiger partial charge in [0.05, 0.1) is 5.92 Å². The van der Waals surface area contributed by atoms with Gasteiger partial charge in [-0.2, -0.15) is 0 Å². The van der Waals surface area contributed by atoms with Gasteiger partial charge in [0.15, 0.2) is 0 Å². The Balaban J connectivity index is 2.78. The fraction of sp³-hybridized carbons (Fsp3) is 0.222. The van der Waals surface area contributed by atoms with Crippen LogP contribution in [0, 0.1) is 0 Å². The third-order valence-electron chi connectivity index (χ3n) is 1.73. The standard InChI is InChI=1S/C9H9ClO2/c1-7(9(11)12-10)8-5-3-2-4-6-8/h2-7H,1H3. The Morgan fingerprint density at radius 3 is 2.50 bits per heavy atom. The van der Waals surface area contributed by atoms with Crippen molar-refractivity contribution in [1.82, 2.24) is 0 Å². The van der Waals surface area contributed by atoms with E-state index in [1.54, 1.807) is 6.92 Å². The summed E-state index contributed by atoms with van der Waals surface area (Å²) in [4.78, 5) is 11.0. The Bertz CT molecular complexity index is 258. The Labute approximate surface area is 76.3 Å². The Kier molecular flexibility index (Phi) is 3.11. The summed E-state index contributed by atoms with van der Waals surface area (Å²) < 4.78 is 4.10. The maximum absolute atomic E-state index is 11.0. The van der Waals surface area contributed by atoms with Gasteiger partial charge >= 0.3 is 5.97 Å².